The second-order valence-electron chi connectivity index (χ2n) is 7.56. The molecule has 2 aromatic rings. The molecule has 0 radical (unpaired) electrons. The standard InChI is InChI=1S/C21H14F6O5S2/c22-20(23,24)33(28,29)19(34(30,31)21(25,26)27)11-14-12-32-17(10-13-6-2-1-3-7-13)15-8-4-5-9-16(15)18(14)19/h1-10H,11-12H2/b17-10-. The van der Waals surface area contributed by atoms with Gasteiger partial charge in [-0.1, -0.05) is 54.6 Å². The maximum absolute atomic E-state index is 13.6. The molecule has 0 unspecified atom stereocenters. The fraction of sp³-hybridized carbons (Fsp3) is 0.238. The van der Waals surface area contributed by atoms with E-state index in [9.17, 15) is 43.2 Å². The van der Waals surface area contributed by atoms with E-state index in [0.717, 1.165) is 6.07 Å². The van der Waals surface area contributed by atoms with E-state index in [1.54, 1.807) is 30.3 Å². The first-order valence-electron chi connectivity index (χ1n) is 9.49. The minimum absolute atomic E-state index is 0.0268. The van der Waals surface area contributed by atoms with Gasteiger partial charge in [-0.2, -0.15) is 26.3 Å². The van der Waals surface area contributed by atoms with Gasteiger partial charge < -0.3 is 4.74 Å². The van der Waals surface area contributed by atoms with E-state index in [0.29, 0.717) is 5.56 Å². The fourth-order valence-electron chi connectivity index (χ4n) is 4.09. The van der Waals surface area contributed by atoms with Crippen LogP contribution in [0, 0.1) is 0 Å². The van der Waals surface area contributed by atoms with Gasteiger partial charge in [-0.3, -0.25) is 0 Å². The molecule has 13 heteroatoms. The summed E-state index contributed by atoms with van der Waals surface area (Å²) in [5, 5.41) is 0. The highest BCUT2D eigenvalue weighted by molar-refractivity contribution is 8.12. The Labute approximate surface area is 190 Å². The lowest BCUT2D eigenvalue weighted by molar-refractivity contribution is -0.0486. The predicted molar refractivity (Wildman–Crippen MR) is 111 cm³/mol. The Hall–Kier alpha value is -2.80. The lowest BCUT2D eigenvalue weighted by atomic mass is 9.81. The second kappa shape index (κ2) is 7.60. The molecular formula is C21H14F6O5S2. The summed E-state index contributed by atoms with van der Waals surface area (Å²) in [4.78, 5) is 0. The molecule has 1 heterocycles. The summed E-state index contributed by atoms with van der Waals surface area (Å²) in [5.74, 6) is 0.0268. The SMILES string of the molecule is O=S(=O)(C(F)(F)F)C1(S(=O)(=O)C(F)(F)F)CC2=C1c1ccccc1/C(=C/c1ccccc1)OC2. The minimum Gasteiger partial charge on any atom is -0.489 e. The lowest BCUT2D eigenvalue weighted by Crippen LogP contribution is -2.61. The van der Waals surface area contributed by atoms with Crippen LogP contribution in [0.15, 0.2) is 60.2 Å². The van der Waals surface area contributed by atoms with Gasteiger partial charge in [0.2, 0.25) is 4.08 Å². The van der Waals surface area contributed by atoms with Gasteiger partial charge in [-0.15, -0.1) is 0 Å². The smallest absolute Gasteiger partial charge is 0.489 e. The Morgan fingerprint density at radius 1 is 0.765 bits per heavy atom. The van der Waals surface area contributed by atoms with Crippen LogP contribution in [0.5, 0.6) is 0 Å². The van der Waals surface area contributed by atoms with Gasteiger partial charge in [0.05, 0.1) is 0 Å². The van der Waals surface area contributed by atoms with Gasteiger partial charge in [0.15, 0.2) is 0 Å². The Morgan fingerprint density at radius 2 is 1.26 bits per heavy atom. The van der Waals surface area contributed by atoms with Crippen molar-refractivity contribution in [3.63, 3.8) is 0 Å². The Bertz CT molecular complexity index is 1380. The normalized spacial score (nSPS) is 19.5. The van der Waals surface area contributed by atoms with Crippen LogP contribution in [0.2, 0.25) is 0 Å². The highest BCUT2D eigenvalue weighted by Gasteiger charge is 2.78. The Balaban J connectivity index is 2.03. The monoisotopic (exact) mass is 524 g/mol. The summed E-state index contributed by atoms with van der Waals surface area (Å²) in [7, 11) is -13.8. The number of alkyl halides is 6. The van der Waals surface area contributed by atoms with Gasteiger partial charge in [-0.25, -0.2) is 16.8 Å². The average molecular weight is 524 g/mol. The number of rotatable bonds is 3. The molecule has 2 aromatic carbocycles. The molecule has 1 aliphatic carbocycles. The van der Waals surface area contributed by atoms with Gasteiger partial charge >= 0.3 is 11.0 Å². The summed E-state index contributed by atoms with van der Waals surface area (Å²) < 4.78 is 133. The van der Waals surface area contributed by atoms with Crippen LogP contribution in [0.4, 0.5) is 26.3 Å². The number of hydrogen-bond donors (Lipinski definition) is 0. The molecule has 0 bridgehead atoms. The van der Waals surface area contributed by atoms with E-state index in [-0.39, 0.29) is 16.9 Å². The van der Waals surface area contributed by atoms with E-state index < -0.39 is 58.9 Å². The van der Waals surface area contributed by atoms with Crippen molar-refractivity contribution >= 4 is 37.1 Å². The maximum atomic E-state index is 13.6. The van der Waals surface area contributed by atoms with Crippen molar-refractivity contribution in [1.29, 1.82) is 0 Å². The number of benzene rings is 2. The van der Waals surface area contributed by atoms with Gasteiger partial charge in [-0.05, 0) is 22.8 Å². The third kappa shape index (κ3) is 3.28. The molecule has 182 valence electrons. The van der Waals surface area contributed by atoms with E-state index in [1.807, 2.05) is 0 Å². The zero-order chi connectivity index (χ0) is 25.2. The van der Waals surface area contributed by atoms with Crippen molar-refractivity contribution in [2.45, 2.75) is 21.5 Å². The highest BCUT2D eigenvalue weighted by Crippen LogP contribution is 2.61. The summed E-state index contributed by atoms with van der Waals surface area (Å²) in [5.41, 5.74) is -13.8. The molecule has 0 atom stereocenters. The summed E-state index contributed by atoms with van der Waals surface area (Å²) >= 11 is 0. The number of sulfone groups is 2. The molecule has 5 nitrogen and oxygen atoms in total. The molecule has 0 spiro atoms. The molecule has 0 aromatic heterocycles. The van der Waals surface area contributed by atoms with Gasteiger partial charge in [0.1, 0.15) is 12.4 Å². The van der Waals surface area contributed by atoms with E-state index in [1.165, 1.54) is 24.3 Å². The molecule has 0 saturated carbocycles. The topological polar surface area (TPSA) is 77.5 Å². The molecule has 0 amide bonds. The summed E-state index contributed by atoms with van der Waals surface area (Å²) in [6.07, 6.45) is -0.0676. The largest absolute Gasteiger partial charge is 0.499 e. The van der Waals surface area contributed by atoms with Crippen molar-refractivity contribution in [2.75, 3.05) is 6.61 Å². The third-order valence-electron chi connectivity index (χ3n) is 5.62. The first kappa shape index (κ1) is 24.3. The van der Waals surface area contributed by atoms with Crippen LogP contribution >= 0.6 is 0 Å². The molecule has 34 heavy (non-hydrogen) atoms. The number of ether oxygens (including phenoxy) is 1. The molecule has 2 aliphatic rings. The van der Waals surface area contributed by atoms with Crippen LogP contribution < -0.4 is 0 Å². The summed E-state index contributed by atoms with van der Waals surface area (Å²) in [6, 6.07) is 13.4. The van der Waals surface area contributed by atoms with Crippen molar-refractivity contribution in [2.24, 2.45) is 0 Å². The van der Waals surface area contributed by atoms with Crippen LogP contribution in [0.25, 0.3) is 17.4 Å². The minimum atomic E-state index is -6.89. The zero-order valence-corrected chi connectivity index (χ0v) is 18.4. The fourth-order valence-corrected chi connectivity index (χ4v) is 8.34. The number of halogens is 6. The zero-order valence-electron chi connectivity index (χ0n) is 16.8. The van der Waals surface area contributed by atoms with E-state index in [2.05, 4.69) is 0 Å². The Kier molecular flexibility index (Phi) is 5.44. The molecule has 0 fully saturated rings. The Morgan fingerprint density at radius 3 is 1.79 bits per heavy atom. The third-order valence-corrected chi connectivity index (χ3v) is 10.6. The molecular weight excluding hydrogens is 510 g/mol. The summed E-state index contributed by atoms with van der Waals surface area (Å²) in [6.45, 7) is -0.592. The number of fused-ring (bicyclic) bond motifs is 2. The van der Waals surface area contributed by atoms with Crippen LogP contribution in [-0.4, -0.2) is 38.5 Å². The molecule has 0 N–H and O–H groups in total. The van der Waals surface area contributed by atoms with Crippen molar-refractivity contribution < 1.29 is 47.9 Å². The van der Waals surface area contributed by atoms with Crippen LogP contribution in [-0.2, 0) is 24.4 Å². The number of hydrogen-bond acceptors (Lipinski definition) is 5. The first-order valence-corrected chi connectivity index (χ1v) is 12.5. The van der Waals surface area contributed by atoms with E-state index in [4.69, 9.17) is 4.74 Å². The highest BCUT2D eigenvalue weighted by atomic mass is 32.3. The molecule has 4 rings (SSSR count). The van der Waals surface area contributed by atoms with Crippen molar-refractivity contribution in [3.05, 3.63) is 76.9 Å². The van der Waals surface area contributed by atoms with Crippen molar-refractivity contribution in [3.8, 4) is 0 Å². The van der Waals surface area contributed by atoms with Crippen LogP contribution in [0.3, 0.4) is 0 Å². The lowest BCUT2D eigenvalue weighted by Gasteiger charge is -2.43. The van der Waals surface area contributed by atoms with E-state index >= 15 is 0 Å². The van der Waals surface area contributed by atoms with Gasteiger partial charge in [0.25, 0.3) is 19.7 Å². The predicted octanol–water partition coefficient (Wildman–Crippen LogP) is 4.94. The van der Waals surface area contributed by atoms with Gasteiger partial charge in [0, 0.05) is 17.6 Å². The average Bonchev–Trinajstić information content (AvgIpc) is 2.82. The van der Waals surface area contributed by atoms with Crippen molar-refractivity contribution in [1.82, 2.24) is 0 Å². The first-order chi connectivity index (χ1) is 15.6. The second-order valence-corrected chi connectivity index (χ2v) is 12.2. The van der Waals surface area contributed by atoms with Crippen LogP contribution in [0.1, 0.15) is 23.1 Å². The molecule has 1 aliphatic heterocycles. The molecule has 0 saturated heterocycles. The maximum Gasteiger partial charge on any atom is 0.499 e. The quantitative estimate of drug-likeness (QED) is 0.532.